The molecule has 6 heteroatoms. The number of nitrogens with zero attached hydrogens (tertiary/aromatic N) is 3. The maximum absolute atomic E-state index is 13.2. The Morgan fingerprint density at radius 3 is 2.68 bits per heavy atom. The number of imidazole rings is 1. The molecule has 4 rings (SSSR count). The number of ether oxygens (including phenoxy) is 1. The van der Waals surface area contributed by atoms with Gasteiger partial charge in [-0.1, -0.05) is 6.07 Å². The van der Waals surface area contributed by atoms with Crippen LogP contribution in [0.5, 0.6) is 5.75 Å². The average Bonchev–Trinajstić information content (AvgIpc) is 3.12. The molecular weight excluding hydrogens is 357 g/mol. The smallest absolute Gasteiger partial charge is 0.260 e. The lowest BCUT2D eigenvalue weighted by molar-refractivity contribution is -0.134. The van der Waals surface area contributed by atoms with Crippen LogP contribution in [0.25, 0.3) is 5.69 Å². The predicted octanol–water partition coefficient (Wildman–Crippen LogP) is 3.59. The standard InChI is InChI=1S/C22H22FN3O2/c1-15-3-8-19(11-16(15)2)28-13-22(27)25-10-9-21-20(12-25)24-14-26(21)18-6-4-17(23)5-7-18/h3-8,11,14H,9-10,12-13H2,1-2H3. The van der Waals surface area contributed by atoms with Crippen molar-refractivity contribution >= 4 is 5.91 Å². The highest BCUT2D eigenvalue weighted by atomic mass is 19.1. The molecule has 0 spiro atoms. The maximum Gasteiger partial charge on any atom is 0.260 e. The van der Waals surface area contributed by atoms with Crippen molar-refractivity contribution in [2.24, 2.45) is 0 Å². The monoisotopic (exact) mass is 379 g/mol. The van der Waals surface area contributed by atoms with E-state index in [1.54, 1.807) is 23.4 Å². The van der Waals surface area contributed by atoms with E-state index in [9.17, 15) is 9.18 Å². The number of carbonyl (C=O) groups is 1. The first kappa shape index (κ1) is 18.2. The van der Waals surface area contributed by atoms with Gasteiger partial charge in [-0.25, -0.2) is 9.37 Å². The third-order valence-corrected chi connectivity index (χ3v) is 5.21. The highest BCUT2D eigenvalue weighted by Crippen LogP contribution is 2.22. The minimum absolute atomic E-state index is 0.0104. The number of rotatable bonds is 4. The molecule has 0 saturated carbocycles. The molecule has 2 heterocycles. The number of hydrogen-bond acceptors (Lipinski definition) is 3. The summed E-state index contributed by atoms with van der Waals surface area (Å²) in [6, 6.07) is 12.1. The number of halogens is 1. The molecule has 0 bridgehead atoms. The third kappa shape index (κ3) is 3.63. The van der Waals surface area contributed by atoms with Gasteiger partial charge >= 0.3 is 0 Å². The van der Waals surface area contributed by atoms with Gasteiger partial charge in [0.05, 0.1) is 18.6 Å². The van der Waals surface area contributed by atoms with E-state index < -0.39 is 0 Å². The number of aryl methyl sites for hydroxylation is 2. The summed E-state index contributed by atoms with van der Waals surface area (Å²) in [7, 11) is 0. The van der Waals surface area contributed by atoms with E-state index in [1.807, 2.05) is 36.6 Å². The van der Waals surface area contributed by atoms with E-state index in [2.05, 4.69) is 4.98 Å². The molecule has 0 N–H and O–H groups in total. The Bertz CT molecular complexity index is 1010. The van der Waals surface area contributed by atoms with E-state index in [4.69, 9.17) is 4.74 Å². The van der Waals surface area contributed by atoms with Crippen molar-refractivity contribution in [3.05, 3.63) is 77.1 Å². The molecule has 28 heavy (non-hydrogen) atoms. The molecule has 5 nitrogen and oxygen atoms in total. The summed E-state index contributed by atoms with van der Waals surface area (Å²) in [4.78, 5) is 18.8. The van der Waals surface area contributed by atoms with Crippen molar-refractivity contribution in [1.82, 2.24) is 14.5 Å². The zero-order chi connectivity index (χ0) is 19.7. The lowest BCUT2D eigenvalue weighted by atomic mass is 10.1. The van der Waals surface area contributed by atoms with Crippen molar-refractivity contribution in [3.63, 3.8) is 0 Å². The molecule has 1 aliphatic heterocycles. The summed E-state index contributed by atoms with van der Waals surface area (Å²) in [5, 5.41) is 0. The number of benzene rings is 2. The molecule has 0 atom stereocenters. The zero-order valence-corrected chi connectivity index (χ0v) is 16.0. The molecular formula is C22H22FN3O2. The molecule has 0 aliphatic carbocycles. The van der Waals surface area contributed by atoms with Gasteiger partial charge in [0, 0.05) is 24.3 Å². The molecule has 0 radical (unpaired) electrons. The first-order valence-electron chi connectivity index (χ1n) is 9.30. The van der Waals surface area contributed by atoms with Crippen LogP contribution in [0, 0.1) is 19.7 Å². The lowest BCUT2D eigenvalue weighted by Gasteiger charge is -2.27. The molecule has 2 aromatic carbocycles. The molecule has 0 fully saturated rings. The van der Waals surface area contributed by atoms with E-state index in [0.29, 0.717) is 25.3 Å². The summed E-state index contributed by atoms with van der Waals surface area (Å²) < 4.78 is 20.8. The van der Waals surface area contributed by atoms with Gasteiger partial charge in [0.25, 0.3) is 5.91 Å². The largest absolute Gasteiger partial charge is 0.484 e. The minimum atomic E-state index is -0.265. The number of amides is 1. The van der Waals surface area contributed by atoms with Gasteiger partial charge in [-0.2, -0.15) is 0 Å². The summed E-state index contributed by atoms with van der Waals surface area (Å²) in [5.74, 6) is 0.383. The fourth-order valence-corrected chi connectivity index (χ4v) is 3.39. The lowest BCUT2D eigenvalue weighted by Crippen LogP contribution is -2.39. The van der Waals surface area contributed by atoms with Gasteiger partial charge in [-0.3, -0.25) is 4.79 Å². The normalized spacial score (nSPS) is 13.3. The minimum Gasteiger partial charge on any atom is -0.484 e. The van der Waals surface area contributed by atoms with Crippen LogP contribution in [0.3, 0.4) is 0 Å². The van der Waals surface area contributed by atoms with Crippen molar-refractivity contribution in [3.8, 4) is 11.4 Å². The molecule has 1 amide bonds. The second-order valence-corrected chi connectivity index (χ2v) is 7.08. The van der Waals surface area contributed by atoms with Gasteiger partial charge in [0.15, 0.2) is 6.61 Å². The summed E-state index contributed by atoms with van der Waals surface area (Å²) in [5.41, 5.74) is 5.13. The second-order valence-electron chi connectivity index (χ2n) is 7.08. The second kappa shape index (κ2) is 7.46. The summed E-state index contributed by atoms with van der Waals surface area (Å²) in [6.07, 6.45) is 2.43. The van der Waals surface area contributed by atoms with E-state index in [1.165, 1.54) is 17.7 Å². The first-order chi connectivity index (χ1) is 13.5. The Balaban J connectivity index is 1.42. The van der Waals surface area contributed by atoms with Crippen LogP contribution in [0.2, 0.25) is 0 Å². The highest BCUT2D eigenvalue weighted by molar-refractivity contribution is 5.78. The Labute approximate surface area is 163 Å². The number of aromatic nitrogens is 2. The van der Waals surface area contributed by atoms with Crippen LogP contribution in [-0.2, 0) is 17.8 Å². The fourth-order valence-electron chi connectivity index (χ4n) is 3.39. The Morgan fingerprint density at radius 1 is 1.14 bits per heavy atom. The molecule has 1 aliphatic rings. The Hall–Kier alpha value is -3.15. The van der Waals surface area contributed by atoms with Crippen LogP contribution in [0.4, 0.5) is 4.39 Å². The van der Waals surface area contributed by atoms with E-state index in [0.717, 1.165) is 22.6 Å². The van der Waals surface area contributed by atoms with Crippen molar-refractivity contribution < 1.29 is 13.9 Å². The van der Waals surface area contributed by atoms with Gasteiger partial charge in [-0.15, -0.1) is 0 Å². The Kier molecular flexibility index (Phi) is 4.86. The van der Waals surface area contributed by atoms with Crippen LogP contribution in [0.1, 0.15) is 22.5 Å². The SMILES string of the molecule is Cc1ccc(OCC(=O)N2CCc3c(ncn3-c3ccc(F)cc3)C2)cc1C. The Morgan fingerprint density at radius 2 is 1.93 bits per heavy atom. The molecule has 1 aromatic heterocycles. The van der Waals surface area contributed by atoms with E-state index in [-0.39, 0.29) is 18.3 Å². The third-order valence-electron chi connectivity index (χ3n) is 5.21. The summed E-state index contributed by atoms with van der Waals surface area (Å²) in [6.45, 7) is 5.14. The molecule has 0 saturated heterocycles. The van der Waals surface area contributed by atoms with Crippen LogP contribution >= 0.6 is 0 Å². The molecule has 3 aromatic rings. The predicted molar refractivity (Wildman–Crippen MR) is 104 cm³/mol. The summed E-state index contributed by atoms with van der Waals surface area (Å²) >= 11 is 0. The van der Waals surface area contributed by atoms with Gasteiger partial charge < -0.3 is 14.2 Å². The number of hydrogen-bond donors (Lipinski definition) is 0. The van der Waals surface area contributed by atoms with Crippen LogP contribution in [-0.4, -0.2) is 33.5 Å². The topological polar surface area (TPSA) is 47.4 Å². The van der Waals surface area contributed by atoms with Crippen molar-refractivity contribution in [2.45, 2.75) is 26.8 Å². The van der Waals surface area contributed by atoms with Crippen molar-refractivity contribution in [2.75, 3.05) is 13.2 Å². The van der Waals surface area contributed by atoms with Crippen LogP contribution < -0.4 is 4.74 Å². The van der Waals surface area contributed by atoms with Crippen molar-refractivity contribution in [1.29, 1.82) is 0 Å². The zero-order valence-electron chi connectivity index (χ0n) is 16.0. The fraction of sp³-hybridized carbons (Fsp3) is 0.273. The van der Waals surface area contributed by atoms with Gasteiger partial charge in [0.1, 0.15) is 11.6 Å². The number of fused-ring (bicyclic) bond motifs is 1. The first-order valence-corrected chi connectivity index (χ1v) is 9.30. The number of carbonyl (C=O) groups excluding carboxylic acids is 1. The molecule has 0 unspecified atom stereocenters. The average molecular weight is 379 g/mol. The van der Waals surface area contributed by atoms with Gasteiger partial charge in [0.2, 0.25) is 0 Å². The quantitative estimate of drug-likeness (QED) is 0.696. The maximum atomic E-state index is 13.2. The van der Waals surface area contributed by atoms with E-state index >= 15 is 0 Å². The molecule has 144 valence electrons. The highest BCUT2D eigenvalue weighted by Gasteiger charge is 2.25. The van der Waals surface area contributed by atoms with Gasteiger partial charge in [-0.05, 0) is 61.4 Å². The van der Waals surface area contributed by atoms with Crippen LogP contribution in [0.15, 0.2) is 48.8 Å².